The third-order valence-corrected chi connectivity index (χ3v) is 3.44. The summed E-state index contributed by atoms with van der Waals surface area (Å²) >= 11 is 0. The second-order valence-electron chi connectivity index (χ2n) is 5.54. The molecule has 2 N–H and O–H groups in total. The van der Waals surface area contributed by atoms with Gasteiger partial charge in [-0.1, -0.05) is 26.2 Å². The second kappa shape index (κ2) is 8.42. The predicted octanol–water partition coefficient (Wildman–Crippen LogP) is 3.89. The molecule has 0 bridgehead atoms. The number of hydrogen-bond acceptors (Lipinski definition) is 4. The van der Waals surface area contributed by atoms with Gasteiger partial charge in [0, 0.05) is 11.6 Å². The van der Waals surface area contributed by atoms with Crippen LogP contribution in [0.25, 0.3) is 0 Å². The molecule has 1 aromatic heterocycles. The zero-order valence-electron chi connectivity index (χ0n) is 13.9. The van der Waals surface area contributed by atoms with Crippen LogP contribution in [0.1, 0.15) is 43.9 Å². The summed E-state index contributed by atoms with van der Waals surface area (Å²) in [6.07, 6.45) is 6.96. The van der Waals surface area contributed by atoms with Gasteiger partial charge in [-0.05, 0) is 19.4 Å². The van der Waals surface area contributed by atoms with Crippen LogP contribution in [0.3, 0.4) is 0 Å². The minimum Gasteiger partial charge on any atom is -0.490 e. The summed E-state index contributed by atoms with van der Waals surface area (Å²) in [5.74, 6) is -1.25. The number of hydrogen-bond donors (Lipinski definition) is 1. The number of ether oxygens (including phenoxy) is 1. The SMILES string of the molecule is CCCCCCOc1c(F)cc(F)cc1C=Nn1cc(C)nc1N. The highest BCUT2D eigenvalue weighted by Crippen LogP contribution is 2.23. The summed E-state index contributed by atoms with van der Waals surface area (Å²) < 4.78 is 34.4. The maximum absolute atomic E-state index is 14.0. The summed E-state index contributed by atoms with van der Waals surface area (Å²) in [6, 6.07) is 1.97. The lowest BCUT2D eigenvalue weighted by atomic mass is 10.2. The number of nitrogen functional groups attached to an aromatic ring is 1. The molecule has 1 heterocycles. The third kappa shape index (κ3) is 4.78. The van der Waals surface area contributed by atoms with Gasteiger partial charge < -0.3 is 10.5 Å². The number of imidazole rings is 1. The van der Waals surface area contributed by atoms with Crippen LogP contribution in [0, 0.1) is 18.6 Å². The highest BCUT2D eigenvalue weighted by Gasteiger charge is 2.12. The van der Waals surface area contributed by atoms with Crippen molar-refractivity contribution >= 4 is 12.2 Å². The number of nitrogens with two attached hydrogens (primary N) is 1. The van der Waals surface area contributed by atoms with Crippen molar-refractivity contribution in [2.75, 3.05) is 12.3 Å². The summed E-state index contributed by atoms with van der Waals surface area (Å²) in [4.78, 5) is 4.01. The van der Waals surface area contributed by atoms with E-state index in [2.05, 4.69) is 17.0 Å². The molecule has 2 aromatic rings. The molecule has 0 unspecified atom stereocenters. The average Bonchev–Trinajstić information content (AvgIpc) is 2.84. The normalized spacial score (nSPS) is 11.3. The van der Waals surface area contributed by atoms with Crippen LogP contribution >= 0.6 is 0 Å². The molecule has 0 aliphatic heterocycles. The lowest BCUT2D eigenvalue weighted by molar-refractivity contribution is 0.289. The van der Waals surface area contributed by atoms with Gasteiger partial charge in [-0.15, -0.1) is 0 Å². The molecule has 2 rings (SSSR count). The maximum Gasteiger partial charge on any atom is 0.221 e. The number of nitrogens with zero attached hydrogens (tertiary/aromatic N) is 3. The van der Waals surface area contributed by atoms with Crippen molar-refractivity contribution in [2.24, 2.45) is 5.10 Å². The van der Waals surface area contributed by atoms with Gasteiger partial charge in [-0.2, -0.15) is 5.10 Å². The minimum absolute atomic E-state index is 0.00735. The van der Waals surface area contributed by atoms with Crippen LogP contribution in [0.5, 0.6) is 5.75 Å². The van der Waals surface area contributed by atoms with E-state index in [-0.39, 0.29) is 17.3 Å². The van der Waals surface area contributed by atoms with E-state index in [1.54, 1.807) is 13.1 Å². The van der Waals surface area contributed by atoms with Crippen molar-refractivity contribution in [3.63, 3.8) is 0 Å². The van der Waals surface area contributed by atoms with E-state index in [0.29, 0.717) is 12.3 Å². The van der Waals surface area contributed by atoms with Gasteiger partial charge in [0.1, 0.15) is 5.82 Å². The zero-order chi connectivity index (χ0) is 17.5. The van der Waals surface area contributed by atoms with E-state index in [4.69, 9.17) is 10.5 Å². The van der Waals surface area contributed by atoms with Gasteiger partial charge in [0.2, 0.25) is 5.95 Å². The number of aryl methyl sites for hydroxylation is 1. The van der Waals surface area contributed by atoms with Crippen molar-refractivity contribution in [3.8, 4) is 5.75 Å². The first-order chi connectivity index (χ1) is 11.5. The van der Waals surface area contributed by atoms with Crippen molar-refractivity contribution in [1.82, 2.24) is 9.66 Å². The molecule has 24 heavy (non-hydrogen) atoms. The number of unbranched alkanes of at least 4 members (excludes halogenated alkanes) is 3. The van der Waals surface area contributed by atoms with Crippen LogP contribution in [0.15, 0.2) is 23.4 Å². The van der Waals surface area contributed by atoms with Gasteiger partial charge in [0.05, 0.1) is 24.7 Å². The van der Waals surface area contributed by atoms with Crippen molar-refractivity contribution in [2.45, 2.75) is 39.5 Å². The fourth-order valence-corrected chi connectivity index (χ4v) is 2.25. The van der Waals surface area contributed by atoms with E-state index in [1.165, 1.54) is 17.0 Å². The molecular formula is C17H22F2N4O. The standard InChI is InChI=1S/C17H22F2N4O/c1-3-4-5-6-7-24-16-13(8-14(18)9-15(16)19)10-21-23-11-12(2)22-17(23)20/h8-11H,3-7H2,1-2H3,(H2,20,22). The first-order valence-corrected chi connectivity index (χ1v) is 7.99. The Kier molecular flexibility index (Phi) is 6.28. The smallest absolute Gasteiger partial charge is 0.221 e. The van der Waals surface area contributed by atoms with E-state index in [1.807, 2.05) is 0 Å². The molecule has 0 amide bonds. The van der Waals surface area contributed by atoms with Gasteiger partial charge >= 0.3 is 0 Å². The number of halogens is 2. The first kappa shape index (κ1) is 17.9. The highest BCUT2D eigenvalue weighted by molar-refractivity contribution is 5.83. The molecule has 1 aromatic carbocycles. The molecule has 0 fully saturated rings. The lowest BCUT2D eigenvalue weighted by Gasteiger charge is -2.10. The molecule has 0 aliphatic rings. The average molecular weight is 336 g/mol. The van der Waals surface area contributed by atoms with E-state index in [0.717, 1.165) is 31.7 Å². The molecule has 0 aliphatic carbocycles. The number of anilines is 1. The molecule has 5 nitrogen and oxygen atoms in total. The van der Waals surface area contributed by atoms with Crippen molar-refractivity contribution in [3.05, 3.63) is 41.2 Å². The number of benzene rings is 1. The lowest BCUT2D eigenvalue weighted by Crippen LogP contribution is -2.04. The van der Waals surface area contributed by atoms with Crippen LogP contribution in [-0.2, 0) is 0 Å². The molecular weight excluding hydrogens is 314 g/mol. The molecule has 130 valence electrons. The Morgan fingerprint density at radius 1 is 1.29 bits per heavy atom. The molecule has 0 radical (unpaired) electrons. The Labute approximate surface area is 140 Å². The molecule has 0 spiro atoms. The van der Waals surface area contributed by atoms with E-state index >= 15 is 0 Å². The number of aromatic nitrogens is 2. The Morgan fingerprint density at radius 2 is 2.08 bits per heavy atom. The Hall–Kier alpha value is -2.44. The largest absolute Gasteiger partial charge is 0.490 e. The summed E-state index contributed by atoms with van der Waals surface area (Å²) in [5, 5.41) is 4.09. The van der Waals surface area contributed by atoms with Crippen LogP contribution in [-0.4, -0.2) is 22.5 Å². The van der Waals surface area contributed by atoms with E-state index < -0.39 is 11.6 Å². The molecule has 0 saturated heterocycles. The van der Waals surface area contributed by atoms with Crippen LogP contribution in [0.2, 0.25) is 0 Å². The Morgan fingerprint density at radius 3 is 2.75 bits per heavy atom. The van der Waals surface area contributed by atoms with Crippen LogP contribution in [0.4, 0.5) is 14.7 Å². The van der Waals surface area contributed by atoms with Crippen LogP contribution < -0.4 is 10.5 Å². The minimum atomic E-state index is -0.748. The molecule has 0 saturated carbocycles. The van der Waals surface area contributed by atoms with Gasteiger partial charge in [0.15, 0.2) is 11.6 Å². The highest BCUT2D eigenvalue weighted by atomic mass is 19.1. The topological polar surface area (TPSA) is 65.4 Å². The van der Waals surface area contributed by atoms with E-state index in [9.17, 15) is 8.78 Å². The molecule has 7 heteroatoms. The zero-order valence-corrected chi connectivity index (χ0v) is 13.9. The van der Waals surface area contributed by atoms with Gasteiger partial charge in [0.25, 0.3) is 0 Å². The predicted molar refractivity (Wildman–Crippen MR) is 90.4 cm³/mol. The summed E-state index contributed by atoms with van der Waals surface area (Å²) in [5.41, 5.74) is 6.60. The quantitative estimate of drug-likeness (QED) is 0.587. The van der Waals surface area contributed by atoms with Crippen molar-refractivity contribution in [1.29, 1.82) is 0 Å². The monoisotopic (exact) mass is 336 g/mol. The maximum atomic E-state index is 14.0. The second-order valence-corrected chi connectivity index (χ2v) is 5.54. The van der Waals surface area contributed by atoms with Crippen molar-refractivity contribution < 1.29 is 13.5 Å². The summed E-state index contributed by atoms with van der Waals surface area (Å²) in [6.45, 7) is 4.25. The van der Waals surface area contributed by atoms with Gasteiger partial charge in [-0.3, -0.25) is 0 Å². The fourth-order valence-electron chi connectivity index (χ4n) is 2.25. The number of rotatable bonds is 8. The Bertz CT molecular complexity index is 713. The Balaban J connectivity index is 2.16. The fraction of sp³-hybridized carbons (Fsp3) is 0.412. The van der Waals surface area contributed by atoms with Gasteiger partial charge in [-0.25, -0.2) is 18.4 Å². The first-order valence-electron chi connectivity index (χ1n) is 7.99. The summed E-state index contributed by atoms with van der Waals surface area (Å²) in [7, 11) is 0. The molecule has 0 atom stereocenters. The third-order valence-electron chi connectivity index (χ3n) is 3.44.